The lowest BCUT2D eigenvalue weighted by molar-refractivity contribution is 0.0658. The maximum Gasteiger partial charge on any atom is 0.372 e. The highest BCUT2D eigenvalue weighted by atomic mass is 16.4. The zero-order valence-corrected chi connectivity index (χ0v) is 13.7. The van der Waals surface area contributed by atoms with Crippen molar-refractivity contribution in [1.29, 1.82) is 0 Å². The van der Waals surface area contributed by atoms with Crippen molar-refractivity contribution in [3.63, 3.8) is 0 Å². The number of aromatic amines is 1. The zero-order valence-electron chi connectivity index (χ0n) is 13.7. The van der Waals surface area contributed by atoms with Gasteiger partial charge in [-0.25, -0.2) is 9.89 Å². The number of nitrogens with one attached hydrogen (secondary N) is 2. The van der Waals surface area contributed by atoms with Crippen LogP contribution in [0.4, 0.5) is 0 Å². The number of aromatic nitrogens is 2. The van der Waals surface area contributed by atoms with E-state index in [1.807, 2.05) is 13.8 Å². The Morgan fingerprint density at radius 1 is 1.29 bits per heavy atom. The molecule has 0 spiro atoms. The molecule has 0 saturated carbocycles. The largest absolute Gasteiger partial charge is 0.475 e. The van der Waals surface area contributed by atoms with Crippen molar-refractivity contribution in [1.82, 2.24) is 15.5 Å². The molecule has 0 aliphatic rings. The number of hydrogen-bond donors (Lipinski definition) is 3. The van der Waals surface area contributed by atoms with Crippen LogP contribution in [0.5, 0.6) is 0 Å². The Morgan fingerprint density at radius 3 is 2.54 bits per heavy atom. The van der Waals surface area contributed by atoms with Gasteiger partial charge in [-0.05, 0) is 31.4 Å². The van der Waals surface area contributed by atoms with Gasteiger partial charge in [0.15, 0.2) is 5.76 Å². The lowest BCUT2D eigenvalue weighted by Crippen LogP contribution is -2.29. The van der Waals surface area contributed by atoms with Gasteiger partial charge < -0.3 is 14.8 Å². The van der Waals surface area contributed by atoms with E-state index in [1.165, 1.54) is 6.07 Å². The van der Waals surface area contributed by atoms with E-state index in [9.17, 15) is 14.4 Å². The molecule has 2 rings (SSSR count). The average Bonchev–Trinajstić information content (AvgIpc) is 2.95. The highest BCUT2D eigenvalue weighted by molar-refractivity contribution is 5.94. The quantitative estimate of drug-likeness (QED) is 0.734. The predicted octanol–water partition coefficient (Wildman–Crippen LogP) is 1.42. The average molecular weight is 333 g/mol. The van der Waals surface area contributed by atoms with Crippen LogP contribution in [0.3, 0.4) is 0 Å². The molecule has 0 bridgehead atoms. The van der Waals surface area contributed by atoms with Crippen LogP contribution in [-0.2, 0) is 19.4 Å². The van der Waals surface area contributed by atoms with Crippen molar-refractivity contribution < 1.29 is 19.1 Å². The van der Waals surface area contributed by atoms with Gasteiger partial charge in [0.2, 0.25) is 5.76 Å². The minimum absolute atomic E-state index is 0.00894. The first-order valence-electron chi connectivity index (χ1n) is 7.60. The second-order valence-corrected chi connectivity index (χ2v) is 5.27. The standard InChI is InChI=1S/C16H19N3O5/c1-4-9-10(14(20)19-18-11(9)5-2)7-17-15(21)12-6-8(3)13(24-12)16(22)23/h6H,4-5,7H2,1-3H3,(H,17,21)(H,19,20)(H,22,23). The third-order valence-electron chi connectivity index (χ3n) is 3.73. The third kappa shape index (κ3) is 3.37. The molecule has 0 atom stereocenters. The Morgan fingerprint density at radius 2 is 2.00 bits per heavy atom. The summed E-state index contributed by atoms with van der Waals surface area (Å²) in [6.45, 7) is 5.40. The maximum atomic E-state index is 12.1. The van der Waals surface area contributed by atoms with Crippen LogP contribution in [0.15, 0.2) is 15.3 Å². The van der Waals surface area contributed by atoms with E-state index in [2.05, 4.69) is 15.5 Å². The van der Waals surface area contributed by atoms with Gasteiger partial charge in [0.25, 0.3) is 11.5 Å². The first-order chi connectivity index (χ1) is 11.4. The number of H-pyrrole nitrogens is 1. The second kappa shape index (κ2) is 7.12. The molecule has 0 unspecified atom stereocenters. The number of aryl methyl sites for hydroxylation is 2. The normalized spacial score (nSPS) is 10.6. The van der Waals surface area contributed by atoms with E-state index in [0.29, 0.717) is 24.0 Å². The summed E-state index contributed by atoms with van der Waals surface area (Å²) in [6.07, 6.45) is 1.29. The Kier molecular flexibility index (Phi) is 5.18. The number of rotatable bonds is 6. The van der Waals surface area contributed by atoms with Crippen molar-refractivity contribution in [3.8, 4) is 0 Å². The number of amides is 1. The predicted molar refractivity (Wildman–Crippen MR) is 85.2 cm³/mol. The number of nitrogens with zero attached hydrogens (tertiary/aromatic N) is 1. The molecule has 0 aromatic carbocycles. The highest BCUT2D eigenvalue weighted by Crippen LogP contribution is 2.15. The van der Waals surface area contributed by atoms with Gasteiger partial charge in [-0.1, -0.05) is 13.8 Å². The zero-order chi connectivity index (χ0) is 17.9. The van der Waals surface area contributed by atoms with Crippen LogP contribution in [0.25, 0.3) is 0 Å². The summed E-state index contributed by atoms with van der Waals surface area (Å²) in [4.78, 5) is 35.1. The number of carboxylic acid groups (broad SMARTS) is 1. The highest BCUT2D eigenvalue weighted by Gasteiger charge is 2.19. The molecule has 2 aromatic heterocycles. The summed E-state index contributed by atoms with van der Waals surface area (Å²) in [6, 6.07) is 1.35. The first-order valence-corrected chi connectivity index (χ1v) is 7.60. The lowest BCUT2D eigenvalue weighted by Gasteiger charge is -2.10. The van der Waals surface area contributed by atoms with Crippen molar-refractivity contribution in [3.05, 3.63) is 50.3 Å². The SMILES string of the molecule is CCc1n[nH]c(=O)c(CNC(=O)c2cc(C)c(C(=O)O)o2)c1CC. The van der Waals surface area contributed by atoms with Crippen molar-refractivity contribution in [2.24, 2.45) is 0 Å². The Bertz CT molecular complexity index is 835. The fourth-order valence-corrected chi connectivity index (χ4v) is 2.52. The summed E-state index contributed by atoms with van der Waals surface area (Å²) >= 11 is 0. The lowest BCUT2D eigenvalue weighted by atomic mass is 10.0. The molecule has 128 valence electrons. The minimum atomic E-state index is -1.24. The van der Waals surface area contributed by atoms with Gasteiger partial charge in [-0.15, -0.1) is 0 Å². The van der Waals surface area contributed by atoms with Crippen LogP contribution < -0.4 is 10.9 Å². The molecule has 2 heterocycles. The fourth-order valence-electron chi connectivity index (χ4n) is 2.52. The molecule has 24 heavy (non-hydrogen) atoms. The molecular formula is C16H19N3O5. The Labute approximate surface area is 137 Å². The Balaban J connectivity index is 2.22. The summed E-state index contributed by atoms with van der Waals surface area (Å²) in [5, 5.41) is 18.0. The van der Waals surface area contributed by atoms with Crippen molar-refractivity contribution in [2.75, 3.05) is 0 Å². The first kappa shape index (κ1) is 17.5. The van der Waals surface area contributed by atoms with E-state index in [1.54, 1.807) is 6.92 Å². The molecule has 0 saturated heterocycles. The van der Waals surface area contributed by atoms with Gasteiger partial charge in [0.05, 0.1) is 5.69 Å². The van der Waals surface area contributed by atoms with E-state index >= 15 is 0 Å². The summed E-state index contributed by atoms with van der Waals surface area (Å²) < 4.78 is 5.05. The maximum absolute atomic E-state index is 12.1. The summed E-state index contributed by atoms with van der Waals surface area (Å²) in [5.41, 5.74) is 2.04. The molecular weight excluding hydrogens is 314 g/mol. The second-order valence-electron chi connectivity index (χ2n) is 5.27. The third-order valence-corrected chi connectivity index (χ3v) is 3.73. The molecule has 8 nitrogen and oxygen atoms in total. The molecule has 2 aromatic rings. The van der Waals surface area contributed by atoms with Gasteiger partial charge in [0.1, 0.15) is 0 Å². The van der Waals surface area contributed by atoms with E-state index in [0.717, 1.165) is 11.3 Å². The summed E-state index contributed by atoms with van der Waals surface area (Å²) in [5.74, 6) is -2.20. The smallest absolute Gasteiger partial charge is 0.372 e. The molecule has 0 radical (unpaired) electrons. The van der Waals surface area contributed by atoms with Gasteiger partial charge in [-0.3, -0.25) is 9.59 Å². The van der Waals surface area contributed by atoms with Crippen LogP contribution >= 0.6 is 0 Å². The Hall–Kier alpha value is -2.90. The van der Waals surface area contributed by atoms with E-state index in [-0.39, 0.29) is 23.6 Å². The minimum Gasteiger partial charge on any atom is -0.475 e. The van der Waals surface area contributed by atoms with Gasteiger partial charge in [0, 0.05) is 17.7 Å². The molecule has 0 aliphatic carbocycles. The topological polar surface area (TPSA) is 125 Å². The van der Waals surface area contributed by atoms with Gasteiger partial charge >= 0.3 is 5.97 Å². The number of aromatic carboxylic acids is 1. The van der Waals surface area contributed by atoms with E-state index in [4.69, 9.17) is 9.52 Å². The molecule has 0 aliphatic heterocycles. The molecule has 3 N–H and O–H groups in total. The number of carbonyl (C=O) groups is 2. The number of carboxylic acids is 1. The van der Waals surface area contributed by atoms with Crippen LogP contribution in [0, 0.1) is 6.92 Å². The molecule has 1 amide bonds. The van der Waals surface area contributed by atoms with Crippen LogP contribution in [0.1, 0.15) is 57.3 Å². The monoisotopic (exact) mass is 333 g/mol. The van der Waals surface area contributed by atoms with Gasteiger partial charge in [-0.2, -0.15) is 5.10 Å². The number of furan rings is 1. The van der Waals surface area contributed by atoms with E-state index < -0.39 is 11.9 Å². The van der Waals surface area contributed by atoms with Crippen LogP contribution in [-0.4, -0.2) is 27.2 Å². The summed E-state index contributed by atoms with van der Waals surface area (Å²) in [7, 11) is 0. The molecule has 0 fully saturated rings. The van der Waals surface area contributed by atoms with Crippen LogP contribution in [0.2, 0.25) is 0 Å². The van der Waals surface area contributed by atoms with Crippen molar-refractivity contribution in [2.45, 2.75) is 40.2 Å². The molecule has 8 heteroatoms. The number of hydrogen-bond acceptors (Lipinski definition) is 5. The number of carbonyl (C=O) groups excluding carboxylic acids is 1. The van der Waals surface area contributed by atoms with Crippen molar-refractivity contribution >= 4 is 11.9 Å². The fraction of sp³-hybridized carbons (Fsp3) is 0.375.